The molecule has 0 radical (unpaired) electrons. The minimum absolute atomic E-state index is 0.0764. The van der Waals surface area contributed by atoms with E-state index in [4.69, 9.17) is 9.15 Å². The fourth-order valence-corrected chi connectivity index (χ4v) is 2.72. The third-order valence-electron chi connectivity index (χ3n) is 3.71. The van der Waals surface area contributed by atoms with Crippen molar-refractivity contribution in [2.45, 2.75) is 6.18 Å². The number of anilines is 2. The van der Waals surface area contributed by atoms with Crippen LogP contribution in [0.3, 0.4) is 0 Å². The molecule has 0 bridgehead atoms. The topological polar surface area (TPSA) is 80.6 Å². The lowest BCUT2D eigenvalue weighted by atomic mass is 10.1. The highest BCUT2D eigenvalue weighted by molar-refractivity contribution is 9.10. The minimum atomic E-state index is -4.51. The summed E-state index contributed by atoms with van der Waals surface area (Å²) < 4.78 is 47.6. The predicted octanol–water partition coefficient (Wildman–Crippen LogP) is 5.49. The van der Waals surface area contributed by atoms with Crippen LogP contribution >= 0.6 is 15.9 Å². The van der Waals surface area contributed by atoms with Crippen LogP contribution in [0.25, 0.3) is 0 Å². The van der Waals surface area contributed by atoms with Gasteiger partial charge < -0.3 is 19.8 Å². The van der Waals surface area contributed by atoms with Gasteiger partial charge in [0, 0.05) is 11.3 Å². The molecule has 30 heavy (non-hydrogen) atoms. The number of benzene rings is 2. The quantitative estimate of drug-likeness (QED) is 0.486. The molecule has 0 spiro atoms. The van der Waals surface area contributed by atoms with E-state index < -0.39 is 24.6 Å². The zero-order chi connectivity index (χ0) is 21.7. The number of carbonyl (C=O) groups excluding carboxylic acids is 2. The zero-order valence-electron chi connectivity index (χ0n) is 15.1. The van der Waals surface area contributed by atoms with Gasteiger partial charge in [-0.25, -0.2) is 0 Å². The number of furan rings is 1. The van der Waals surface area contributed by atoms with E-state index in [1.165, 1.54) is 36.4 Å². The molecule has 10 heteroatoms. The van der Waals surface area contributed by atoms with Gasteiger partial charge in [0.05, 0.1) is 5.69 Å². The van der Waals surface area contributed by atoms with Gasteiger partial charge in [-0.1, -0.05) is 18.2 Å². The highest BCUT2D eigenvalue weighted by Gasteiger charge is 2.29. The van der Waals surface area contributed by atoms with Crippen molar-refractivity contribution >= 4 is 39.1 Å². The monoisotopic (exact) mass is 482 g/mol. The number of amides is 2. The maximum absolute atomic E-state index is 12.6. The summed E-state index contributed by atoms with van der Waals surface area (Å²) in [6.45, 7) is -1.48. The summed E-state index contributed by atoms with van der Waals surface area (Å²) in [7, 11) is 0. The van der Waals surface area contributed by atoms with Gasteiger partial charge in [-0.3, -0.25) is 9.59 Å². The van der Waals surface area contributed by atoms with Gasteiger partial charge in [0.2, 0.25) is 0 Å². The lowest BCUT2D eigenvalue weighted by Gasteiger charge is -2.14. The van der Waals surface area contributed by atoms with Crippen LogP contribution in [0.4, 0.5) is 24.5 Å². The van der Waals surface area contributed by atoms with Gasteiger partial charge in [-0.05, 0) is 58.4 Å². The van der Waals surface area contributed by atoms with E-state index in [1.807, 2.05) is 0 Å². The Morgan fingerprint density at radius 2 is 1.73 bits per heavy atom. The number of rotatable bonds is 6. The zero-order valence-corrected chi connectivity index (χ0v) is 16.7. The number of nitrogens with one attached hydrogen (secondary N) is 2. The molecule has 0 aliphatic rings. The number of halogens is 4. The fourth-order valence-electron chi connectivity index (χ4n) is 2.42. The van der Waals surface area contributed by atoms with Crippen LogP contribution in [-0.2, 0) is 0 Å². The molecule has 2 N–H and O–H groups in total. The van der Waals surface area contributed by atoms with Gasteiger partial charge in [0.1, 0.15) is 5.75 Å². The van der Waals surface area contributed by atoms with Gasteiger partial charge in [0.15, 0.2) is 17.0 Å². The van der Waals surface area contributed by atoms with Gasteiger partial charge in [-0.15, -0.1) is 0 Å². The van der Waals surface area contributed by atoms with Crippen LogP contribution in [0.1, 0.15) is 20.9 Å². The SMILES string of the molecule is O=C(Nc1ccccc1OCC(F)(F)F)c1cccc(NC(=O)c2ccc(Br)o2)c1. The van der Waals surface area contributed by atoms with E-state index in [0.717, 1.165) is 0 Å². The Bertz CT molecular complexity index is 1070. The molecule has 2 aromatic carbocycles. The molecule has 1 heterocycles. The molecule has 0 saturated heterocycles. The molecule has 156 valence electrons. The van der Waals surface area contributed by atoms with E-state index in [-0.39, 0.29) is 22.8 Å². The van der Waals surface area contributed by atoms with Crippen molar-refractivity contribution in [2.75, 3.05) is 17.2 Å². The first-order valence-corrected chi connectivity index (χ1v) is 9.27. The van der Waals surface area contributed by atoms with Gasteiger partial charge in [-0.2, -0.15) is 13.2 Å². The smallest absolute Gasteiger partial charge is 0.422 e. The van der Waals surface area contributed by atoms with Crippen molar-refractivity contribution in [2.24, 2.45) is 0 Å². The van der Waals surface area contributed by atoms with Crippen LogP contribution in [-0.4, -0.2) is 24.6 Å². The molecule has 3 aromatic rings. The highest BCUT2D eigenvalue weighted by Crippen LogP contribution is 2.27. The largest absolute Gasteiger partial charge is 0.482 e. The molecular weight excluding hydrogens is 469 g/mol. The van der Waals surface area contributed by atoms with E-state index in [2.05, 4.69) is 26.6 Å². The normalized spacial score (nSPS) is 11.1. The molecule has 3 rings (SSSR count). The Morgan fingerprint density at radius 1 is 0.967 bits per heavy atom. The first kappa shape index (κ1) is 21.4. The lowest BCUT2D eigenvalue weighted by Crippen LogP contribution is -2.20. The molecule has 6 nitrogen and oxygen atoms in total. The van der Waals surface area contributed by atoms with Crippen LogP contribution in [0.15, 0.2) is 69.8 Å². The van der Waals surface area contributed by atoms with Crippen molar-refractivity contribution in [1.82, 2.24) is 0 Å². The third-order valence-corrected chi connectivity index (χ3v) is 4.13. The maximum Gasteiger partial charge on any atom is 0.422 e. The molecule has 2 amide bonds. The van der Waals surface area contributed by atoms with Crippen LogP contribution < -0.4 is 15.4 Å². The van der Waals surface area contributed by atoms with E-state index in [1.54, 1.807) is 24.3 Å². The van der Waals surface area contributed by atoms with Crippen LogP contribution in [0.5, 0.6) is 5.75 Å². The van der Waals surface area contributed by atoms with Gasteiger partial charge >= 0.3 is 6.18 Å². The van der Waals surface area contributed by atoms with Crippen molar-refractivity contribution < 1.29 is 31.9 Å². The van der Waals surface area contributed by atoms with E-state index in [0.29, 0.717) is 10.4 Å². The molecular formula is C20H14BrF3N2O4. The number of para-hydroxylation sites is 2. The number of hydrogen-bond donors (Lipinski definition) is 2. The van der Waals surface area contributed by atoms with Gasteiger partial charge in [0.25, 0.3) is 11.8 Å². The predicted molar refractivity (Wildman–Crippen MR) is 107 cm³/mol. The van der Waals surface area contributed by atoms with Crippen LogP contribution in [0, 0.1) is 0 Å². The minimum Gasteiger partial charge on any atom is -0.482 e. The molecule has 0 aliphatic carbocycles. The lowest BCUT2D eigenvalue weighted by molar-refractivity contribution is -0.153. The van der Waals surface area contributed by atoms with Crippen molar-refractivity contribution in [3.05, 3.63) is 76.7 Å². The summed E-state index contributed by atoms with van der Waals surface area (Å²) in [5.74, 6) is -1.14. The van der Waals surface area contributed by atoms with Crippen LogP contribution in [0.2, 0.25) is 0 Å². The summed E-state index contributed by atoms with van der Waals surface area (Å²) in [5, 5.41) is 5.11. The Kier molecular flexibility index (Phi) is 6.46. The van der Waals surface area contributed by atoms with E-state index in [9.17, 15) is 22.8 Å². The average Bonchev–Trinajstić information content (AvgIpc) is 3.13. The molecule has 0 atom stereocenters. The summed E-state index contributed by atoms with van der Waals surface area (Å²) >= 11 is 3.10. The van der Waals surface area contributed by atoms with Crippen molar-refractivity contribution in [1.29, 1.82) is 0 Å². The molecule has 0 unspecified atom stereocenters. The summed E-state index contributed by atoms with van der Waals surface area (Å²) in [4.78, 5) is 24.7. The Balaban J connectivity index is 1.71. The first-order chi connectivity index (χ1) is 14.2. The highest BCUT2D eigenvalue weighted by atomic mass is 79.9. The molecule has 0 saturated carbocycles. The second-order valence-electron chi connectivity index (χ2n) is 5.99. The Hall–Kier alpha value is -3.27. The number of alkyl halides is 3. The average molecular weight is 483 g/mol. The number of ether oxygens (including phenoxy) is 1. The second-order valence-corrected chi connectivity index (χ2v) is 6.77. The second kappa shape index (κ2) is 9.04. The Labute approximate surface area is 177 Å². The number of carbonyl (C=O) groups is 2. The molecule has 1 aromatic heterocycles. The first-order valence-electron chi connectivity index (χ1n) is 8.48. The van der Waals surface area contributed by atoms with Crippen molar-refractivity contribution in [3.8, 4) is 5.75 Å². The number of hydrogen-bond acceptors (Lipinski definition) is 4. The molecule has 0 aliphatic heterocycles. The summed E-state index contributed by atoms with van der Waals surface area (Å²) in [5.41, 5.74) is 0.599. The van der Waals surface area contributed by atoms with Crippen molar-refractivity contribution in [3.63, 3.8) is 0 Å². The molecule has 0 fully saturated rings. The van der Waals surface area contributed by atoms with E-state index >= 15 is 0 Å². The fraction of sp³-hybridized carbons (Fsp3) is 0.100. The standard InChI is InChI=1S/C20H14BrF3N2O4/c21-17-9-8-16(30-17)19(28)25-13-5-3-4-12(10-13)18(27)26-14-6-1-2-7-15(14)29-11-20(22,23)24/h1-10H,11H2,(H,25,28)(H,26,27). The maximum atomic E-state index is 12.6. The third kappa shape index (κ3) is 5.86. The Morgan fingerprint density at radius 3 is 2.43 bits per heavy atom. The summed E-state index contributed by atoms with van der Waals surface area (Å²) in [6.07, 6.45) is -4.51. The summed E-state index contributed by atoms with van der Waals surface area (Å²) in [6, 6.07) is 14.9.